The van der Waals surface area contributed by atoms with Crippen LogP contribution in [0, 0.1) is 0 Å². The molecule has 172 valence electrons. The summed E-state index contributed by atoms with van der Waals surface area (Å²) in [5.41, 5.74) is 0.0943. The SMILES string of the molecule is CCC(=O)Nc1ccc(C(=O)CN2C(=O)N[C@](C)(c3ccc4c(c3)OCCCO4)C2=O)cc1. The van der Waals surface area contributed by atoms with Crippen LogP contribution in [0.2, 0.25) is 0 Å². The highest BCUT2D eigenvalue weighted by Gasteiger charge is 2.49. The molecule has 2 N–H and O–H groups in total. The molecule has 0 bridgehead atoms. The van der Waals surface area contributed by atoms with Crippen molar-refractivity contribution in [2.45, 2.75) is 32.2 Å². The first kappa shape index (κ1) is 22.3. The van der Waals surface area contributed by atoms with Crippen LogP contribution < -0.4 is 20.1 Å². The number of imide groups is 1. The van der Waals surface area contributed by atoms with E-state index in [-0.39, 0.29) is 5.91 Å². The Morgan fingerprint density at radius 3 is 2.45 bits per heavy atom. The maximum absolute atomic E-state index is 13.2. The third-order valence-corrected chi connectivity index (χ3v) is 5.71. The van der Waals surface area contributed by atoms with Crippen molar-refractivity contribution in [3.63, 3.8) is 0 Å². The van der Waals surface area contributed by atoms with Crippen molar-refractivity contribution in [2.75, 3.05) is 25.1 Å². The number of nitrogens with zero attached hydrogens (tertiary/aromatic N) is 1. The van der Waals surface area contributed by atoms with E-state index in [0.29, 0.717) is 47.9 Å². The topological polar surface area (TPSA) is 114 Å². The van der Waals surface area contributed by atoms with Crippen LogP contribution in [0.1, 0.15) is 42.6 Å². The molecule has 4 rings (SSSR count). The van der Waals surface area contributed by atoms with E-state index in [1.165, 1.54) is 0 Å². The lowest BCUT2D eigenvalue weighted by Gasteiger charge is -2.23. The predicted octanol–water partition coefficient (Wildman–Crippen LogP) is 2.85. The summed E-state index contributed by atoms with van der Waals surface area (Å²) in [6.07, 6.45) is 1.09. The molecule has 0 spiro atoms. The maximum atomic E-state index is 13.2. The van der Waals surface area contributed by atoms with E-state index in [9.17, 15) is 19.2 Å². The Balaban J connectivity index is 1.49. The number of anilines is 1. The Kier molecular flexibility index (Phi) is 6.04. The van der Waals surface area contributed by atoms with Crippen LogP contribution in [0.25, 0.3) is 0 Å². The summed E-state index contributed by atoms with van der Waals surface area (Å²) in [7, 11) is 0. The normalized spacial score (nSPS) is 19.6. The largest absolute Gasteiger partial charge is 0.490 e. The minimum absolute atomic E-state index is 0.137. The van der Waals surface area contributed by atoms with E-state index >= 15 is 0 Å². The first-order valence-corrected chi connectivity index (χ1v) is 10.8. The predicted molar refractivity (Wildman–Crippen MR) is 119 cm³/mol. The number of nitrogens with one attached hydrogen (secondary N) is 2. The van der Waals surface area contributed by atoms with E-state index in [2.05, 4.69) is 10.6 Å². The summed E-state index contributed by atoms with van der Waals surface area (Å²) in [4.78, 5) is 51.0. The van der Waals surface area contributed by atoms with Crippen LogP contribution >= 0.6 is 0 Å². The number of benzene rings is 2. The molecule has 0 aliphatic carbocycles. The molecule has 1 saturated heterocycles. The van der Waals surface area contributed by atoms with Crippen molar-refractivity contribution in [3.8, 4) is 11.5 Å². The molecule has 2 aliphatic rings. The van der Waals surface area contributed by atoms with Crippen molar-refractivity contribution in [2.24, 2.45) is 0 Å². The highest BCUT2D eigenvalue weighted by atomic mass is 16.5. The molecule has 2 aliphatic heterocycles. The Morgan fingerprint density at radius 2 is 1.76 bits per heavy atom. The van der Waals surface area contributed by atoms with Gasteiger partial charge in [-0.1, -0.05) is 13.0 Å². The van der Waals surface area contributed by atoms with Gasteiger partial charge in [-0.3, -0.25) is 19.3 Å². The smallest absolute Gasteiger partial charge is 0.325 e. The molecule has 4 amide bonds. The quantitative estimate of drug-likeness (QED) is 0.516. The van der Waals surface area contributed by atoms with E-state index in [4.69, 9.17) is 9.47 Å². The van der Waals surface area contributed by atoms with Crippen molar-refractivity contribution in [3.05, 3.63) is 53.6 Å². The van der Waals surface area contributed by atoms with Crippen LogP contribution in [0.5, 0.6) is 11.5 Å². The third kappa shape index (κ3) is 4.39. The summed E-state index contributed by atoms with van der Waals surface area (Å²) in [5.74, 6) is 0.0414. The Hall–Kier alpha value is -3.88. The van der Waals surface area contributed by atoms with Crippen LogP contribution in [0.15, 0.2) is 42.5 Å². The van der Waals surface area contributed by atoms with Crippen molar-refractivity contribution >= 4 is 29.3 Å². The summed E-state index contributed by atoms with van der Waals surface area (Å²) < 4.78 is 11.3. The molecule has 0 unspecified atom stereocenters. The highest BCUT2D eigenvalue weighted by molar-refractivity contribution is 6.11. The molecule has 2 heterocycles. The molecule has 9 heteroatoms. The second kappa shape index (κ2) is 8.93. The van der Waals surface area contributed by atoms with Crippen molar-refractivity contribution in [1.29, 1.82) is 0 Å². The zero-order chi connectivity index (χ0) is 23.6. The first-order valence-electron chi connectivity index (χ1n) is 10.8. The number of ketones is 1. The van der Waals surface area contributed by atoms with Gasteiger partial charge >= 0.3 is 6.03 Å². The molecule has 1 fully saturated rings. The van der Waals surface area contributed by atoms with E-state index in [0.717, 1.165) is 11.3 Å². The molecule has 0 radical (unpaired) electrons. The van der Waals surface area contributed by atoms with E-state index < -0.39 is 29.8 Å². The van der Waals surface area contributed by atoms with Gasteiger partial charge < -0.3 is 20.1 Å². The molecule has 2 aromatic rings. The van der Waals surface area contributed by atoms with Crippen LogP contribution in [0.3, 0.4) is 0 Å². The number of urea groups is 1. The average molecular weight is 451 g/mol. The average Bonchev–Trinajstić information content (AvgIpc) is 2.97. The molecular weight excluding hydrogens is 426 g/mol. The van der Waals surface area contributed by atoms with Crippen molar-refractivity contribution in [1.82, 2.24) is 10.2 Å². The van der Waals surface area contributed by atoms with Crippen molar-refractivity contribution < 1.29 is 28.7 Å². The fourth-order valence-electron chi connectivity index (χ4n) is 3.73. The zero-order valence-corrected chi connectivity index (χ0v) is 18.5. The number of amides is 4. The van der Waals surface area contributed by atoms with Gasteiger partial charge in [0.1, 0.15) is 5.54 Å². The zero-order valence-electron chi connectivity index (χ0n) is 18.5. The number of ether oxygens (including phenoxy) is 2. The summed E-state index contributed by atoms with van der Waals surface area (Å²) >= 11 is 0. The monoisotopic (exact) mass is 451 g/mol. The minimum atomic E-state index is -1.34. The summed E-state index contributed by atoms with van der Waals surface area (Å²) in [6.45, 7) is 3.98. The number of rotatable bonds is 6. The van der Waals surface area contributed by atoms with E-state index in [1.807, 2.05) is 0 Å². The van der Waals surface area contributed by atoms with Gasteiger partial charge in [-0.05, 0) is 48.9 Å². The fraction of sp³-hybridized carbons (Fsp3) is 0.333. The van der Waals surface area contributed by atoms with Gasteiger partial charge in [0.2, 0.25) is 5.91 Å². The van der Waals surface area contributed by atoms with Gasteiger partial charge in [-0.2, -0.15) is 0 Å². The van der Waals surface area contributed by atoms with Gasteiger partial charge in [-0.25, -0.2) is 4.79 Å². The number of carbonyl (C=O) groups is 4. The van der Waals surface area contributed by atoms with Gasteiger partial charge in [0.25, 0.3) is 5.91 Å². The number of Topliss-reactive ketones (excluding diaryl/α,β-unsaturated/α-hetero) is 1. The molecule has 33 heavy (non-hydrogen) atoms. The van der Waals surface area contributed by atoms with Gasteiger partial charge in [0.15, 0.2) is 17.3 Å². The van der Waals surface area contributed by atoms with Gasteiger partial charge in [0.05, 0.1) is 19.8 Å². The lowest BCUT2D eigenvalue weighted by Crippen LogP contribution is -2.41. The molecule has 1 atom stereocenters. The number of fused-ring (bicyclic) bond motifs is 1. The highest BCUT2D eigenvalue weighted by Crippen LogP contribution is 2.36. The number of carbonyl (C=O) groups excluding carboxylic acids is 4. The second-order valence-electron chi connectivity index (χ2n) is 8.06. The van der Waals surface area contributed by atoms with Gasteiger partial charge in [-0.15, -0.1) is 0 Å². The van der Waals surface area contributed by atoms with E-state index in [1.54, 1.807) is 56.3 Å². The second-order valence-corrected chi connectivity index (χ2v) is 8.06. The lowest BCUT2D eigenvalue weighted by atomic mass is 9.91. The van der Waals surface area contributed by atoms with Gasteiger partial charge in [0, 0.05) is 24.1 Å². The van der Waals surface area contributed by atoms with Crippen LogP contribution in [-0.2, 0) is 15.1 Å². The lowest BCUT2D eigenvalue weighted by molar-refractivity contribution is -0.130. The molecule has 9 nitrogen and oxygen atoms in total. The number of hydrogen-bond acceptors (Lipinski definition) is 6. The van der Waals surface area contributed by atoms with Crippen LogP contribution in [0.4, 0.5) is 10.5 Å². The maximum Gasteiger partial charge on any atom is 0.325 e. The molecule has 0 saturated carbocycles. The molecule has 0 aromatic heterocycles. The fourth-order valence-corrected chi connectivity index (χ4v) is 3.73. The Labute approximate surface area is 191 Å². The number of hydrogen-bond donors (Lipinski definition) is 2. The molecular formula is C24H25N3O6. The Morgan fingerprint density at radius 1 is 1.06 bits per heavy atom. The Bertz CT molecular complexity index is 1110. The first-order chi connectivity index (χ1) is 15.8. The summed E-state index contributed by atoms with van der Waals surface area (Å²) in [5, 5.41) is 5.41. The molecule has 2 aromatic carbocycles. The third-order valence-electron chi connectivity index (χ3n) is 5.71. The van der Waals surface area contributed by atoms with Crippen LogP contribution in [-0.4, -0.2) is 48.3 Å². The standard InChI is InChI=1S/C24H25N3O6/c1-3-21(29)25-17-8-5-15(6-9-17)18(28)14-27-22(30)24(2,26-23(27)31)16-7-10-19-20(13-16)33-12-4-11-32-19/h5-10,13H,3-4,11-12,14H2,1-2H3,(H,25,29)(H,26,31)/t24-/m1/s1. The summed E-state index contributed by atoms with van der Waals surface area (Å²) in [6, 6.07) is 10.8. The minimum Gasteiger partial charge on any atom is -0.490 e.